The van der Waals surface area contributed by atoms with E-state index >= 15 is 0 Å². The number of carbonyl (C=O) groups is 1. The van der Waals surface area contributed by atoms with Crippen molar-refractivity contribution in [1.29, 1.82) is 0 Å². The number of nitrogens with one attached hydrogen (secondary N) is 1. The molecule has 7 nitrogen and oxygen atoms in total. The van der Waals surface area contributed by atoms with Crippen molar-refractivity contribution in [2.24, 2.45) is 0 Å². The van der Waals surface area contributed by atoms with Gasteiger partial charge in [-0.15, -0.1) is 11.8 Å². The first kappa shape index (κ1) is 24.2. The second kappa shape index (κ2) is 11.0. The Morgan fingerprint density at radius 2 is 1.76 bits per heavy atom. The van der Waals surface area contributed by atoms with Gasteiger partial charge in [0.05, 0.1) is 23.7 Å². The average molecular weight is 490 g/mol. The lowest BCUT2D eigenvalue weighted by Gasteiger charge is -2.26. The van der Waals surface area contributed by atoms with Crippen molar-refractivity contribution in [1.82, 2.24) is 14.5 Å². The lowest BCUT2D eigenvalue weighted by molar-refractivity contribution is 0.0342. The van der Waals surface area contributed by atoms with Crippen LogP contribution < -0.4 is 4.72 Å². The first-order chi connectivity index (χ1) is 16.0. The summed E-state index contributed by atoms with van der Waals surface area (Å²) in [5, 5.41) is 0. The minimum absolute atomic E-state index is 0.0929. The van der Waals surface area contributed by atoms with Crippen LogP contribution in [0, 0.1) is 0 Å². The number of sulfonamides is 1. The Morgan fingerprint density at radius 1 is 1.03 bits per heavy atom. The van der Waals surface area contributed by atoms with Crippen molar-refractivity contribution in [2.45, 2.75) is 35.7 Å². The first-order valence-corrected chi connectivity index (χ1v) is 14.0. The molecule has 1 N–H and O–H groups in total. The van der Waals surface area contributed by atoms with E-state index in [-0.39, 0.29) is 17.3 Å². The van der Waals surface area contributed by atoms with Crippen molar-refractivity contribution < 1.29 is 17.9 Å². The number of amides is 1. The molecule has 33 heavy (non-hydrogen) atoms. The molecule has 2 aliphatic heterocycles. The zero-order valence-corrected chi connectivity index (χ0v) is 20.6. The van der Waals surface area contributed by atoms with Crippen LogP contribution in [0.1, 0.15) is 34.3 Å². The quantitative estimate of drug-likeness (QED) is 0.575. The fourth-order valence-corrected chi connectivity index (χ4v) is 5.84. The van der Waals surface area contributed by atoms with E-state index in [1.807, 2.05) is 24.5 Å². The summed E-state index contributed by atoms with van der Waals surface area (Å²) < 4.78 is 34.2. The number of hydrogen-bond donors (Lipinski definition) is 1. The van der Waals surface area contributed by atoms with Gasteiger partial charge in [-0.3, -0.25) is 9.69 Å². The number of ether oxygens (including phenoxy) is 1. The largest absolute Gasteiger partial charge is 0.379 e. The topological polar surface area (TPSA) is 79.0 Å². The molecule has 0 aliphatic carbocycles. The summed E-state index contributed by atoms with van der Waals surface area (Å²) in [7, 11) is -3.76. The van der Waals surface area contributed by atoms with E-state index in [0.29, 0.717) is 5.56 Å². The standard InChI is InChI=1S/C24H31N3O4S2/c1-32-23-8-7-21(16-22(23)24(28)27-9-2-3-10-27)33(29,30)25-17-19-5-4-6-20(15-19)18-26-11-13-31-14-12-26/h4-8,15-16,25H,2-3,9-14,17-18H2,1H3. The molecule has 0 atom stereocenters. The Balaban J connectivity index is 1.46. The number of morpholine rings is 1. The molecule has 0 radical (unpaired) electrons. The SMILES string of the molecule is CSc1ccc(S(=O)(=O)NCc2cccc(CN3CCOCC3)c2)cc1C(=O)N1CCCC1. The van der Waals surface area contributed by atoms with Gasteiger partial charge in [0, 0.05) is 44.2 Å². The molecule has 2 aromatic carbocycles. The molecule has 0 unspecified atom stereocenters. The van der Waals surface area contributed by atoms with Gasteiger partial charge in [0.2, 0.25) is 10.0 Å². The predicted molar refractivity (Wildman–Crippen MR) is 130 cm³/mol. The summed E-state index contributed by atoms with van der Waals surface area (Å²) >= 11 is 1.45. The smallest absolute Gasteiger partial charge is 0.255 e. The van der Waals surface area contributed by atoms with Crippen molar-refractivity contribution in [3.8, 4) is 0 Å². The van der Waals surface area contributed by atoms with Crippen LogP contribution >= 0.6 is 11.8 Å². The maximum atomic E-state index is 13.0. The second-order valence-electron chi connectivity index (χ2n) is 8.39. The van der Waals surface area contributed by atoms with Gasteiger partial charge in [0.25, 0.3) is 5.91 Å². The lowest BCUT2D eigenvalue weighted by atomic mass is 10.1. The normalized spacial score (nSPS) is 17.4. The Labute approximate surface area is 200 Å². The molecular weight excluding hydrogens is 458 g/mol. The molecule has 2 aliphatic rings. The molecule has 2 saturated heterocycles. The summed E-state index contributed by atoms with van der Waals surface area (Å²) in [5.74, 6) is -0.0929. The van der Waals surface area contributed by atoms with Gasteiger partial charge < -0.3 is 9.64 Å². The van der Waals surface area contributed by atoms with E-state index in [2.05, 4.69) is 15.7 Å². The van der Waals surface area contributed by atoms with Crippen molar-refractivity contribution >= 4 is 27.7 Å². The molecule has 0 bridgehead atoms. The predicted octanol–water partition coefficient (Wildman–Crippen LogP) is 2.96. The van der Waals surface area contributed by atoms with E-state index in [1.165, 1.54) is 17.8 Å². The average Bonchev–Trinajstić information content (AvgIpc) is 3.38. The van der Waals surface area contributed by atoms with Crippen molar-refractivity contribution in [2.75, 3.05) is 45.6 Å². The first-order valence-electron chi connectivity index (χ1n) is 11.3. The Morgan fingerprint density at radius 3 is 2.48 bits per heavy atom. The van der Waals surface area contributed by atoms with Gasteiger partial charge >= 0.3 is 0 Å². The van der Waals surface area contributed by atoms with Crippen LogP contribution in [0.2, 0.25) is 0 Å². The zero-order valence-electron chi connectivity index (χ0n) is 19.0. The Hall–Kier alpha value is -1.91. The Bertz CT molecular complexity index is 1080. The highest BCUT2D eigenvalue weighted by Crippen LogP contribution is 2.26. The van der Waals surface area contributed by atoms with Crippen LogP contribution in [-0.4, -0.2) is 69.8 Å². The molecule has 2 heterocycles. The summed E-state index contributed by atoms with van der Waals surface area (Å²) in [6.45, 7) is 5.77. The number of rotatable bonds is 8. The molecule has 178 valence electrons. The number of benzene rings is 2. The third-order valence-corrected chi connectivity index (χ3v) is 8.27. The summed E-state index contributed by atoms with van der Waals surface area (Å²) in [5.41, 5.74) is 2.51. The van der Waals surface area contributed by atoms with Gasteiger partial charge in [0.1, 0.15) is 0 Å². The van der Waals surface area contributed by atoms with Crippen LogP contribution in [-0.2, 0) is 27.8 Å². The van der Waals surface area contributed by atoms with Crippen molar-refractivity contribution in [3.05, 3.63) is 59.2 Å². The molecule has 2 fully saturated rings. The molecule has 2 aromatic rings. The fourth-order valence-electron chi connectivity index (χ4n) is 4.23. The maximum absolute atomic E-state index is 13.0. The third-order valence-electron chi connectivity index (χ3n) is 6.07. The van der Waals surface area contributed by atoms with E-state index in [1.54, 1.807) is 17.0 Å². The minimum Gasteiger partial charge on any atom is -0.379 e. The number of nitrogens with zero attached hydrogens (tertiary/aromatic N) is 2. The Kier molecular flexibility index (Phi) is 8.08. The molecule has 0 saturated carbocycles. The summed E-state index contributed by atoms with van der Waals surface area (Å²) in [4.78, 5) is 18.0. The zero-order chi connectivity index (χ0) is 23.3. The van der Waals surface area contributed by atoms with Crippen LogP contribution in [0.3, 0.4) is 0 Å². The van der Waals surface area contributed by atoms with Gasteiger partial charge in [0.15, 0.2) is 0 Å². The van der Waals surface area contributed by atoms with Crippen LogP contribution in [0.25, 0.3) is 0 Å². The van der Waals surface area contributed by atoms with Crippen LogP contribution in [0.15, 0.2) is 52.3 Å². The minimum atomic E-state index is -3.76. The molecule has 4 rings (SSSR count). The van der Waals surface area contributed by atoms with E-state index in [4.69, 9.17) is 4.74 Å². The molecule has 9 heteroatoms. The third kappa shape index (κ3) is 6.16. The monoisotopic (exact) mass is 489 g/mol. The van der Waals surface area contributed by atoms with Crippen molar-refractivity contribution in [3.63, 3.8) is 0 Å². The highest BCUT2D eigenvalue weighted by molar-refractivity contribution is 7.98. The molecule has 0 aromatic heterocycles. The molecule has 1 amide bonds. The lowest BCUT2D eigenvalue weighted by Crippen LogP contribution is -2.35. The summed E-state index contributed by atoms with van der Waals surface area (Å²) in [6.07, 6.45) is 3.88. The van der Waals surface area contributed by atoms with E-state index in [0.717, 1.165) is 74.8 Å². The number of likely N-dealkylation sites (tertiary alicyclic amines) is 1. The van der Waals surface area contributed by atoms with E-state index < -0.39 is 10.0 Å². The second-order valence-corrected chi connectivity index (χ2v) is 11.0. The van der Waals surface area contributed by atoms with Gasteiger partial charge in [-0.05, 0) is 48.4 Å². The highest BCUT2D eigenvalue weighted by atomic mass is 32.2. The van der Waals surface area contributed by atoms with Gasteiger partial charge in [-0.25, -0.2) is 13.1 Å². The maximum Gasteiger partial charge on any atom is 0.255 e. The fraction of sp³-hybridized carbons (Fsp3) is 0.458. The van der Waals surface area contributed by atoms with Crippen LogP contribution in [0.4, 0.5) is 0 Å². The van der Waals surface area contributed by atoms with Gasteiger partial charge in [-0.1, -0.05) is 24.3 Å². The molecule has 0 spiro atoms. The number of thioether (sulfide) groups is 1. The van der Waals surface area contributed by atoms with E-state index in [9.17, 15) is 13.2 Å². The summed E-state index contributed by atoms with van der Waals surface area (Å²) in [6, 6.07) is 12.8. The van der Waals surface area contributed by atoms with Gasteiger partial charge in [-0.2, -0.15) is 0 Å². The highest BCUT2D eigenvalue weighted by Gasteiger charge is 2.24. The molecular formula is C24H31N3O4S2. The van der Waals surface area contributed by atoms with Crippen LogP contribution in [0.5, 0.6) is 0 Å². The number of carbonyl (C=O) groups excluding carboxylic acids is 1. The number of hydrogen-bond acceptors (Lipinski definition) is 6.